The highest BCUT2D eigenvalue weighted by atomic mass is 15.2. The predicted octanol–water partition coefficient (Wildman–Crippen LogP) is 1.15. The number of rotatable bonds is 4. The first-order valence-corrected chi connectivity index (χ1v) is 7.46. The van der Waals surface area contributed by atoms with Crippen molar-refractivity contribution >= 4 is 0 Å². The van der Waals surface area contributed by atoms with E-state index in [0.717, 1.165) is 18.0 Å². The van der Waals surface area contributed by atoms with Crippen LogP contribution in [0.3, 0.4) is 0 Å². The number of piperidine rings is 1. The molecule has 0 spiro atoms. The molecule has 1 N–H and O–H groups in total. The van der Waals surface area contributed by atoms with Gasteiger partial charge < -0.3 is 15.1 Å². The van der Waals surface area contributed by atoms with Gasteiger partial charge in [0.15, 0.2) is 0 Å². The molecule has 1 atom stereocenters. The number of hydrogen-bond acceptors (Lipinski definition) is 3. The minimum absolute atomic E-state index is 0.800. The summed E-state index contributed by atoms with van der Waals surface area (Å²) in [6.07, 6.45) is 7.04. The van der Waals surface area contributed by atoms with Crippen molar-refractivity contribution in [2.45, 2.75) is 44.2 Å². The van der Waals surface area contributed by atoms with E-state index in [1.54, 1.807) is 0 Å². The van der Waals surface area contributed by atoms with Crippen molar-refractivity contribution in [1.29, 1.82) is 0 Å². The molecule has 1 saturated carbocycles. The van der Waals surface area contributed by atoms with E-state index in [1.807, 2.05) is 0 Å². The summed E-state index contributed by atoms with van der Waals surface area (Å²) in [4.78, 5) is 5.17. The Morgan fingerprint density at radius 2 is 1.71 bits per heavy atom. The highest BCUT2D eigenvalue weighted by Gasteiger charge is 2.30. The summed E-state index contributed by atoms with van der Waals surface area (Å²) in [5, 5.41) is 3.78. The zero-order chi connectivity index (χ0) is 11.7. The second-order valence-electron chi connectivity index (χ2n) is 6.43. The third-order valence-electron chi connectivity index (χ3n) is 4.68. The van der Waals surface area contributed by atoms with E-state index in [9.17, 15) is 0 Å². The number of likely N-dealkylation sites (tertiary alicyclic amines) is 2. The molecule has 0 bridgehead atoms. The molecule has 3 rings (SSSR count). The van der Waals surface area contributed by atoms with Crippen LogP contribution in [-0.2, 0) is 0 Å². The van der Waals surface area contributed by atoms with E-state index in [1.165, 1.54) is 64.8 Å². The Balaban J connectivity index is 1.37. The van der Waals surface area contributed by atoms with Crippen LogP contribution in [0.5, 0.6) is 0 Å². The maximum absolute atomic E-state index is 3.78. The normalized spacial score (nSPS) is 33.4. The lowest BCUT2D eigenvalue weighted by atomic mass is 9.97. The van der Waals surface area contributed by atoms with Crippen LogP contribution in [0, 0.1) is 5.92 Å². The Morgan fingerprint density at radius 1 is 0.941 bits per heavy atom. The van der Waals surface area contributed by atoms with E-state index in [4.69, 9.17) is 0 Å². The Kier molecular flexibility index (Phi) is 3.69. The molecule has 2 aliphatic heterocycles. The minimum Gasteiger partial charge on any atom is -0.310 e. The summed E-state index contributed by atoms with van der Waals surface area (Å²) in [6.45, 7) is 6.61. The Hall–Kier alpha value is -0.120. The Bertz CT molecular complexity index is 244. The lowest BCUT2D eigenvalue weighted by molar-refractivity contribution is 0.174. The van der Waals surface area contributed by atoms with Gasteiger partial charge in [0.05, 0.1) is 0 Å². The van der Waals surface area contributed by atoms with Crippen molar-refractivity contribution in [3.05, 3.63) is 0 Å². The van der Waals surface area contributed by atoms with E-state index in [2.05, 4.69) is 22.2 Å². The Labute approximate surface area is 106 Å². The summed E-state index contributed by atoms with van der Waals surface area (Å²) in [5.74, 6) is 0.964. The smallest absolute Gasteiger partial charge is 0.0209 e. The van der Waals surface area contributed by atoms with Crippen molar-refractivity contribution in [1.82, 2.24) is 15.1 Å². The second kappa shape index (κ2) is 5.25. The molecule has 1 aliphatic carbocycles. The summed E-state index contributed by atoms with van der Waals surface area (Å²) in [5.41, 5.74) is 0. The first-order chi connectivity index (χ1) is 8.29. The molecule has 0 amide bonds. The first-order valence-electron chi connectivity index (χ1n) is 7.46. The van der Waals surface area contributed by atoms with Gasteiger partial charge in [-0.3, -0.25) is 0 Å². The zero-order valence-corrected chi connectivity index (χ0v) is 11.2. The molecule has 2 heterocycles. The van der Waals surface area contributed by atoms with Crippen LogP contribution in [-0.4, -0.2) is 61.7 Å². The highest BCUT2D eigenvalue weighted by Crippen LogP contribution is 2.23. The van der Waals surface area contributed by atoms with Crippen LogP contribution < -0.4 is 5.32 Å². The summed E-state index contributed by atoms with van der Waals surface area (Å²) in [6, 6.07) is 1.68. The van der Waals surface area contributed by atoms with Gasteiger partial charge in [0.25, 0.3) is 0 Å². The lowest BCUT2D eigenvalue weighted by Crippen LogP contribution is -2.38. The average molecular weight is 237 g/mol. The van der Waals surface area contributed by atoms with Crippen LogP contribution in [0.1, 0.15) is 32.1 Å². The standard InChI is InChI=1S/C14H27N3/c1-16-7-4-12(5-8-16)10-17-9-6-14(11-17)15-13-2-3-13/h12-15H,2-11H2,1H3. The molecule has 2 saturated heterocycles. The number of nitrogens with zero attached hydrogens (tertiary/aromatic N) is 2. The minimum atomic E-state index is 0.800. The number of hydrogen-bond donors (Lipinski definition) is 1. The molecular weight excluding hydrogens is 210 g/mol. The van der Waals surface area contributed by atoms with Gasteiger partial charge in [-0.1, -0.05) is 0 Å². The van der Waals surface area contributed by atoms with Crippen molar-refractivity contribution in [2.24, 2.45) is 5.92 Å². The Morgan fingerprint density at radius 3 is 2.41 bits per heavy atom. The van der Waals surface area contributed by atoms with Crippen molar-refractivity contribution < 1.29 is 0 Å². The molecular formula is C14H27N3. The fraction of sp³-hybridized carbons (Fsp3) is 1.00. The summed E-state index contributed by atoms with van der Waals surface area (Å²) < 4.78 is 0. The highest BCUT2D eigenvalue weighted by molar-refractivity contribution is 4.90. The van der Waals surface area contributed by atoms with Gasteiger partial charge in [-0.2, -0.15) is 0 Å². The second-order valence-corrected chi connectivity index (χ2v) is 6.43. The lowest BCUT2D eigenvalue weighted by Gasteiger charge is -2.31. The molecule has 98 valence electrons. The molecule has 3 heteroatoms. The van der Waals surface area contributed by atoms with Crippen LogP contribution in [0.4, 0.5) is 0 Å². The molecule has 3 nitrogen and oxygen atoms in total. The average Bonchev–Trinajstić information content (AvgIpc) is 3.02. The summed E-state index contributed by atoms with van der Waals surface area (Å²) in [7, 11) is 2.25. The topological polar surface area (TPSA) is 18.5 Å². The van der Waals surface area contributed by atoms with Crippen LogP contribution in [0.2, 0.25) is 0 Å². The van der Waals surface area contributed by atoms with Crippen LogP contribution in [0.15, 0.2) is 0 Å². The van der Waals surface area contributed by atoms with Crippen molar-refractivity contribution in [2.75, 3.05) is 39.8 Å². The van der Waals surface area contributed by atoms with Crippen molar-refractivity contribution in [3.63, 3.8) is 0 Å². The van der Waals surface area contributed by atoms with E-state index in [-0.39, 0.29) is 0 Å². The van der Waals surface area contributed by atoms with Crippen LogP contribution >= 0.6 is 0 Å². The third-order valence-corrected chi connectivity index (χ3v) is 4.68. The molecule has 0 radical (unpaired) electrons. The van der Waals surface area contributed by atoms with Gasteiger partial charge >= 0.3 is 0 Å². The van der Waals surface area contributed by atoms with Gasteiger partial charge in [0.2, 0.25) is 0 Å². The van der Waals surface area contributed by atoms with Crippen molar-refractivity contribution in [3.8, 4) is 0 Å². The maximum atomic E-state index is 3.78. The van der Waals surface area contributed by atoms with Gasteiger partial charge in [0, 0.05) is 25.2 Å². The largest absolute Gasteiger partial charge is 0.310 e. The first kappa shape index (κ1) is 11.9. The molecule has 1 unspecified atom stereocenters. The number of nitrogens with one attached hydrogen (secondary N) is 1. The SMILES string of the molecule is CN1CCC(CN2CCC(NC3CC3)C2)CC1. The quantitative estimate of drug-likeness (QED) is 0.791. The zero-order valence-electron chi connectivity index (χ0n) is 11.2. The fourth-order valence-electron chi connectivity index (χ4n) is 3.33. The fourth-order valence-corrected chi connectivity index (χ4v) is 3.33. The molecule has 3 fully saturated rings. The van der Waals surface area contributed by atoms with E-state index in [0.29, 0.717) is 0 Å². The van der Waals surface area contributed by atoms with E-state index >= 15 is 0 Å². The van der Waals surface area contributed by atoms with Gasteiger partial charge in [-0.15, -0.1) is 0 Å². The molecule has 3 aliphatic rings. The predicted molar refractivity (Wildman–Crippen MR) is 71.2 cm³/mol. The monoisotopic (exact) mass is 237 g/mol. The van der Waals surface area contributed by atoms with Gasteiger partial charge in [-0.25, -0.2) is 0 Å². The van der Waals surface area contributed by atoms with Gasteiger partial charge in [0.1, 0.15) is 0 Å². The van der Waals surface area contributed by atoms with Crippen LogP contribution in [0.25, 0.3) is 0 Å². The molecule has 0 aromatic rings. The van der Waals surface area contributed by atoms with Gasteiger partial charge in [-0.05, 0) is 64.7 Å². The summed E-state index contributed by atoms with van der Waals surface area (Å²) >= 11 is 0. The van der Waals surface area contributed by atoms with E-state index < -0.39 is 0 Å². The maximum Gasteiger partial charge on any atom is 0.0209 e. The molecule has 0 aromatic carbocycles. The molecule has 17 heavy (non-hydrogen) atoms. The third kappa shape index (κ3) is 3.43. The molecule has 0 aromatic heterocycles.